The summed E-state index contributed by atoms with van der Waals surface area (Å²) >= 11 is 0. The first-order chi connectivity index (χ1) is 14.1. The van der Waals surface area contributed by atoms with Crippen LogP contribution in [0.3, 0.4) is 0 Å². The number of aromatic amines is 2. The van der Waals surface area contributed by atoms with Gasteiger partial charge in [-0.2, -0.15) is 5.10 Å². The van der Waals surface area contributed by atoms with Crippen LogP contribution in [0.1, 0.15) is 21.8 Å². The lowest BCUT2D eigenvalue weighted by molar-refractivity contribution is -0.117. The fraction of sp³-hybridized carbons (Fsp3) is 0.0952. The van der Waals surface area contributed by atoms with Gasteiger partial charge in [-0.3, -0.25) is 9.89 Å². The molecule has 2 heterocycles. The van der Waals surface area contributed by atoms with Gasteiger partial charge in [0.1, 0.15) is 0 Å². The average Bonchev–Trinajstić information content (AvgIpc) is 3.39. The number of H-pyrrole nitrogens is 2. The van der Waals surface area contributed by atoms with Gasteiger partial charge in [-0.15, -0.1) is 0 Å². The Morgan fingerprint density at radius 1 is 1.17 bits per heavy atom. The molecule has 0 aliphatic heterocycles. The standard InChI is InChI=1S/C21H19N5O3/c22-8-16(12-3-1-4-13(7-12)21(28)29)20(27)26-18-6-2-5-15-17(11-23-19(15)18)14-9-24-25-10-14/h1-7,9-11,16,23H,8,22H2,(H,24,25)(H,26,27)(H,28,29). The number of hydrogen-bond acceptors (Lipinski definition) is 4. The molecule has 0 saturated heterocycles. The molecule has 4 aromatic rings. The van der Waals surface area contributed by atoms with Gasteiger partial charge in [0.05, 0.1) is 28.9 Å². The van der Waals surface area contributed by atoms with E-state index in [4.69, 9.17) is 5.73 Å². The molecule has 1 amide bonds. The maximum Gasteiger partial charge on any atom is 0.335 e. The second-order valence-electron chi connectivity index (χ2n) is 6.63. The Hall–Kier alpha value is -3.91. The number of aromatic carboxylic acids is 1. The Kier molecular flexibility index (Phi) is 4.84. The molecule has 8 nitrogen and oxygen atoms in total. The summed E-state index contributed by atoms with van der Waals surface area (Å²) in [4.78, 5) is 27.4. The Balaban J connectivity index is 1.65. The SMILES string of the molecule is NCC(C(=O)Nc1cccc2c(-c3cn[nH]c3)c[nH]c12)c1cccc(C(=O)O)c1. The van der Waals surface area contributed by atoms with Crippen molar-refractivity contribution in [3.05, 3.63) is 72.2 Å². The smallest absolute Gasteiger partial charge is 0.335 e. The zero-order chi connectivity index (χ0) is 20.4. The lowest BCUT2D eigenvalue weighted by Crippen LogP contribution is -2.27. The van der Waals surface area contributed by atoms with Crippen molar-refractivity contribution in [2.24, 2.45) is 5.73 Å². The van der Waals surface area contributed by atoms with Crippen LogP contribution in [0, 0.1) is 0 Å². The van der Waals surface area contributed by atoms with Crippen LogP contribution >= 0.6 is 0 Å². The molecule has 0 aliphatic carbocycles. The highest BCUT2D eigenvalue weighted by Gasteiger charge is 2.21. The molecule has 29 heavy (non-hydrogen) atoms. The number of nitrogens with zero attached hydrogens (tertiary/aromatic N) is 1. The molecule has 2 aromatic carbocycles. The van der Waals surface area contributed by atoms with Crippen LogP contribution in [0.15, 0.2) is 61.1 Å². The molecule has 1 atom stereocenters. The van der Waals surface area contributed by atoms with E-state index in [-0.39, 0.29) is 18.0 Å². The molecule has 0 bridgehead atoms. The number of anilines is 1. The van der Waals surface area contributed by atoms with Crippen molar-refractivity contribution in [1.82, 2.24) is 15.2 Å². The quantitative estimate of drug-likeness (QED) is 0.345. The molecule has 0 saturated carbocycles. The molecule has 2 aromatic heterocycles. The average molecular weight is 389 g/mol. The minimum absolute atomic E-state index is 0.0515. The lowest BCUT2D eigenvalue weighted by atomic mass is 9.96. The molecular formula is C21H19N5O3. The van der Waals surface area contributed by atoms with Crippen LogP contribution in [0.2, 0.25) is 0 Å². The van der Waals surface area contributed by atoms with Crippen molar-refractivity contribution < 1.29 is 14.7 Å². The largest absolute Gasteiger partial charge is 0.478 e. The number of aromatic nitrogens is 3. The second-order valence-corrected chi connectivity index (χ2v) is 6.63. The Bertz CT molecular complexity index is 1180. The zero-order valence-corrected chi connectivity index (χ0v) is 15.3. The fourth-order valence-electron chi connectivity index (χ4n) is 3.40. The number of carbonyl (C=O) groups is 2. The summed E-state index contributed by atoms with van der Waals surface area (Å²) in [5.41, 5.74) is 9.82. The van der Waals surface area contributed by atoms with Crippen molar-refractivity contribution in [1.29, 1.82) is 0 Å². The molecule has 0 radical (unpaired) electrons. The van der Waals surface area contributed by atoms with E-state index in [9.17, 15) is 14.7 Å². The van der Waals surface area contributed by atoms with Gasteiger partial charge in [-0.1, -0.05) is 24.3 Å². The maximum atomic E-state index is 12.9. The molecule has 8 heteroatoms. The van der Waals surface area contributed by atoms with Gasteiger partial charge in [0, 0.05) is 35.5 Å². The van der Waals surface area contributed by atoms with Gasteiger partial charge < -0.3 is 21.1 Å². The van der Waals surface area contributed by atoms with E-state index < -0.39 is 11.9 Å². The van der Waals surface area contributed by atoms with E-state index in [1.54, 1.807) is 30.6 Å². The molecule has 0 fully saturated rings. The minimum Gasteiger partial charge on any atom is -0.478 e. The number of fused-ring (bicyclic) bond motifs is 1. The monoisotopic (exact) mass is 389 g/mol. The predicted octanol–water partition coefficient (Wildman–Crippen LogP) is 2.94. The lowest BCUT2D eigenvalue weighted by Gasteiger charge is -2.16. The molecular weight excluding hydrogens is 370 g/mol. The Morgan fingerprint density at radius 3 is 2.72 bits per heavy atom. The number of carboxylic acid groups (broad SMARTS) is 1. The first-order valence-electron chi connectivity index (χ1n) is 9.02. The first-order valence-corrected chi connectivity index (χ1v) is 9.02. The van der Waals surface area contributed by atoms with Crippen molar-refractivity contribution in [2.45, 2.75) is 5.92 Å². The molecule has 0 spiro atoms. The van der Waals surface area contributed by atoms with Crippen LogP contribution in [0.25, 0.3) is 22.0 Å². The van der Waals surface area contributed by atoms with E-state index >= 15 is 0 Å². The zero-order valence-electron chi connectivity index (χ0n) is 15.3. The van der Waals surface area contributed by atoms with Crippen LogP contribution in [-0.4, -0.2) is 38.7 Å². The Morgan fingerprint density at radius 2 is 2.00 bits per heavy atom. The number of amides is 1. The molecule has 1 unspecified atom stereocenters. The van der Waals surface area contributed by atoms with Crippen LogP contribution in [0.5, 0.6) is 0 Å². The minimum atomic E-state index is -1.05. The maximum absolute atomic E-state index is 12.9. The summed E-state index contributed by atoms with van der Waals surface area (Å²) in [6.45, 7) is 0.0515. The summed E-state index contributed by atoms with van der Waals surface area (Å²) in [5.74, 6) is -2.03. The molecule has 146 valence electrons. The molecule has 6 N–H and O–H groups in total. The van der Waals surface area contributed by atoms with Crippen LogP contribution in [0.4, 0.5) is 5.69 Å². The van der Waals surface area contributed by atoms with E-state index in [1.165, 1.54) is 12.1 Å². The Labute approximate surface area is 165 Å². The number of carbonyl (C=O) groups excluding carboxylic acids is 1. The van der Waals surface area contributed by atoms with Crippen molar-refractivity contribution in [3.8, 4) is 11.1 Å². The summed E-state index contributed by atoms with van der Waals surface area (Å²) < 4.78 is 0. The van der Waals surface area contributed by atoms with Gasteiger partial charge in [0.15, 0.2) is 0 Å². The van der Waals surface area contributed by atoms with Crippen molar-refractivity contribution in [2.75, 3.05) is 11.9 Å². The number of nitrogens with one attached hydrogen (secondary N) is 3. The van der Waals surface area contributed by atoms with Crippen LogP contribution < -0.4 is 11.1 Å². The van der Waals surface area contributed by atoms with Gasteiger partial charge >= 0.3 is 5.97 Å². The van der Waals surface area contributed by atoms with Crippen LogP contribution in [-0.2, 0) is 4.79 Å². The summed E-state index contributed by atoms with van der Waals surface area (Å²) in [6, 6.07) is 11.9. The molecule has 4 rings (SSSR count). The van der Waals surface area contributed by atoms with E-state index in [0.29, 0.717) is 11.3 Å². The van der Waals surface area contributed by atoms with Gasteiger partial charge in [-0.05, 0) is 23.8 Å². The van der Waals surface area contributed by atoms with E-state index in [1.807, 2.05) is 18.3 Å². The highest BCUT2D eigenvalue weighted by atomic mass is 16.4. The van der Waals surface area contributed by atoms with E-state index in [2.05, 4.69) is 20.5 Å². The second kappa shape index (κ2) is 7.61. The third-order valence-corrected chi connectivity index (χ3v) is 4.87. The third-order valence-electron chi connectivity index (χ3n) is 4.87. The molecule has 0 aliphatic rings. The predicted molar refractivity (Wildman–Crippen MR) is 110 cm³/mol. The third kappa shape index (κ3) is 3.48. The number of carboxylic acids is 1. The number of rotatable bonds is 6. The summed E-state index contributed by atoms with van der Waals surface area (Å²) in [6.07, 6.45) is 5.39. The number of nitrogens with two attached hydrogens (primary N) is 1. The number of benzene rings is 2. The summed E-state index contributed by atoms with van der Waals surface area (Å²) in [5, 5.41) is 19.8. The van der Waals surface area contributed by atoms with Crippen molar-refractivity contribution >= 4 is 28.5 Å². The van der Waals surface area contributed by atoms with Crippen molar-refractivity contribution in [3.63, 3.8) is 0 Å². The van der Waals surface area contributed by atoms with Gasteiger partial charge in [0.2, 0.25) is 5.91 Å². The number of hydrogen-bond donors (Lipinski definition) is 5. The normalized spacial score (nSPS) is 12.0. The van der Waals surface area contributed by atoms with Gasteiger partial charge in [0.25, 0.3) is 0 Å². The highest BCUT2D eigenvalue weighted by Crippen LogP contribution is 2.32. The highest BCUT2D eigenvalue weighted by molar-refractivity contribution is 6.07. The van der Waals surface area contributed by atoms with Gasteiger partial charge in [-0.25, -0.2) is 4.79 Å². The van der Waals surface area contributed by atoms with E-state index in [0.717, 1.165) is 22.0 Å². The first kappa shape index (κ1) is 18.5. The number of para-hydroxylation sites is 1. The topological polar surface area (TPSA) is 137 Å². The summed E-state index contributed by atoms with van der Waals surface area (Å²) in [7, 11) is 0. The fourth-order valence-corrected chi connectivity index (χ4v) is 3.40.